The van der Waals surface area contributed by atoms with Gasteiger partial charge in [0, 0.05) is 25.7 Å². The van der Waals surface area contributed by atoms with Gasteiger partial charge in [0.25, 0.3) is 0 Å². The van der Waals surface area contributed by atoms with Crippen LogP contribution < -0.4 is 0 Å². The predicted molar refractivity (Wildman–Crippen MR) is 109 cm³/mol. The zero-order chi connectivity index (χ0) is 19.3. The number of aliphatic hydroxyl groups excluding tert-OH is 4. The summed E-state index contributed by atoms with van der Waals surface area (Å²) in [6.45, 7) is 8.28. The van der Waals surface area contributed by atoms with Crippen molar-refractivity contribution in [1.29, 1.82) is 0 Å². The van der Waals surface area contributed by atoms with Crippen molar-refractivity contribution in [2.24, 2.45) is 0 Å². The highest BCUT2D eigenvalue weighted by atomic mass is 31.2. The van der Waals surface area contributed by atoms with E-state index in [2.05, 4.69) is 27.7 Å². The van der Waals surface area contributed by atoms with E-state index in [1.165, 1.54) is 0 Å². The summed E-state index contributed by atoms with van der Waals surface area (Å²) in [6.07, 6.45) is 9.45. The highest BCUT2D eigenvalue weighted by Crippen LogP contribution is 2.74. The maximum absolute atomic E-state index is 11.1. The monoisotopic (exact) mass is 379 g/mol. The lowest BCUT2D eigenvalue weighted by Crippen LogP contribution is -2.39. The van der Waals surface area contributed by atoms with Crippen molar-refractivity contribution < 1.29 is 20.4 Å². The Bertz CT molecular complexity index is 253. The fourth-order valence-electron chi connectivity index (χ4n) is 3.63. The zero-order valence-corrected chi connectivity index (χ0v) is 17.9. The molecule has 0 aromatic rings. The van der Waals surface area contributed by atoms with E-state index in [0.717, 1.165) is 51.4 Å². The maximum atomic E-state index is 11.1. The topological polar surface area (TPSA) is 80.9 Å². The van der Waals surface area contributed by atoms with Gasteiger partial charge >= 0.3 is 0 Å². The van der Waals surface area contributed by atoms with Crippen LogP contribution in [0.2, 0.25) is 0 Å². The van der Waals surface area contributed by atoms with Crippen molar-refractivity contribution in [1.82, 2.24) is 0 Å². The van der Waals surface area contributed by atoms with Crippen LogP contribution in [-0.4, -0.2) is 43.8 Å². The second-order valence-corrected chi connectivity index (χ2v) is 11.6. The molecule has 0 spiro atoms. The first-order valence-electron chi connectivity index (χ1n) is 10.5. The summed E-state index contributed by atoms with van der Waals surface area (Å²) < 4.78 is 0. The molecule has 0 bridgehead atoms. The van der Waals surface area contributed by atoms with Gasteiger partial charge in [0.05, 0.1) is 0 Å². The molecule has 25 heavy (non-hydrogen) atoms. The number of unbranched alkanes of at least 4 members (excludes halogenated alkanes) is 4. The maximum Gasteiger partial charge on any atom is 0.172 e. The molecule has 0 saturated heterocycles. The van der Waals surface area contributed by atoms with Crippen LogP contribution in [0.15, 0.2) is 0 Å². The summed E-state index contributed by atoms with van der Waals surface area (Å²) in [5.74, 6) is -3.12. The van der Waals surface area contributed by atoms with Gasteiger partial charge in [0.15, 0.2) is 23.4 Å². The van der Waals surface area contributed by atoms with Gasteiger partial charge in [-0.15, -0.1) is 0 Å². The predicted octanol–water partition coefficient (Wildman–Crippen LogP) is 5.04. The molecule has 5 heteroatoms. The van der Waals surface area contributed by atoms with Crippen LogP contribution in [0.5, 0.6) is 0 Å². The molecule has 0 amide bonds. The van der Waals surface area contributed by atoms with E-state index >= 15 is 0 Å². The summed E-state index contributed by atoms with van der Waals surface area (Å²) in [6, 6.07) is 0. The normalized spacial score (nSPS) is 19.2. The Kier molecular flexibility index (Phi) is 14.5. The molecule has 4 nitrogen and oxygen atoms in total. The average Bonchev–Trinajstić information content (AvgIpc) is 2.61. The van der Waals surface area contributed by atoms with E-state index in [1.54, 1.807) is 0 Å². The molecule has 0 rings (SSSR count). The zero-order valence-electron chi connectivity index (χ0n) is 17.0. The van der Waals surface area contributed by atoms with Crippen LogP contribution in [0.4, 0.5) is 0 Å². The summed E-state index contributed by atoms with van der Waals surface area (Å²) in [7, 11) is -2.76. The lowest BCUT2D eigenvalue weighted by atomic mass is 10.2. The molecule has 0 aliphatic heterocycles. The molecular formula is C20H44O4P+. The summed E-state index contributed by atoms with van der Waals surface area (Å²) >= 11 is 0. The van der Waals surface area contributed by atoms with Gasteiger partial charge in [-0.25, -0.2) is 0 Å². The third-order valence-electron chi connectivity index (χ3n) is 5.33. The Balaban J connectivity index is 5.71. The number of aliphatic hydroxyl groups is 4. The first-order valence-corrected chi connectivity index (χ1v) is 12.6. The smallest absolute Gasteiger partial charge is 0.172 e. The highest BCUT2D eigenvalue weighted by Gasteiger charge is 2.61. The van der Waals surface area contributed by atoms with Crippen molar-refractivity contribution in [3.63, 3.8) is 0 Å². The highest BCUT2D eigenvalue weighted by molar-refractivity contribution is 7.77. The van der Waals surface area contributed by atoms with Gasteiger partial charge in [-0.1, -0.05) is 53.4 Å². The first kappa shape index (κ1) is 25.3. The molecule has 0 aliphatic rings. The molecule has 4 unspecified atom stereocenters. The second-order valence-electron chi connectivity index (χ2n) is 7.39. The molecule has 0 aromatic carbocycles. The second kappa shape index (κ2) is 14.3. The molecular weight excluding hydrogens is 335 g/mol. The van der Waals surface area contributed by atoms with Crippen molar-refractivity contribution in [3.8, 4) is 0 Å². The Morgan fingerprint density at radius 1 is 0.480 bits per heavy atom. The lowest BCUT2D eigenvalue weighted by Gasteiger charge is -2.41. The standard InChI is InChI=1S/C20H44O4P/c1-5-9-13-17(21)25(18(22)14-10-6-2,19(23)15-11-7-3)20(24)16-12-8-4/h17-24H,5-16H2,1-4H3/q+1. The van der Waals surface area contributed by atoms with Crippen molar-refractivity contribution in [2.45, 2.75) is 128 Å². The molecule has 4 N–H and O–H groups in total. The van der Waals surface area contributed by atoms with Crippen molar-refractivity contribution in [2.75, 3.05) is 0 Å². The van der Waals surface area contributed by atoms with Gasteiger partial charge in [0.2, 0.25) is 0 Å². The van der Waals surface area contributed by atoms with Gasteiger partial charge in [0.1, 0.15) is 7.26 Å². The minimum Gasteiger partial charge on any atom is -0.359 e. The fraction of sp³-hybridized carbons (Fsp3) is 1.00. The van der Waals surface area contributed by atoms with Crippen LogP contribution in [-0.2, 0) is 0 Å². The molecule has 0 saturated carbocycles. The largest absolute Gasteiger partial charge is 0.359 e. The van der Waals surface area contributed by atoms with Gasteiger partial charge in [-0.3, -0.25) is 0 Å². The Morgan fingerprint density at radius 2 is 0.680 bits per heavy atom. The minimum absolute atomic E-state index is 0.555. The van der Waals surface area contributed by atoms with E-state index in [0.29, 0.717) is 25.7 Å². The summed E-state index contributed by atoms with van der Waals surface area (Å²) in [5, 5.41) is 44.3. The van der Waals surface area contributed by atoms with Gasteiger partial charge < -0.3 is 20.4 Å². The summed E-state index contributed by atoms with van der Waals surface area (Å²) in [5.41, 5.74) is 0. The van der Waals surface area contributed by atoms with Crippen molar-refractivity contribution >= 4 is 7.26 Å². The third kappa shape index (κ3) is 7.42. The molecule has 0 aliphatic carbocycles. The Hall–Kier alpha value is 0.270. The average molecular weight is 380 g/mol. The van der Waals surface area contributed by atoms with E-state index in [9.17, 15) is 20.4 Å². The van der Waals surface area contributed by atoms with Crippen LogP contribution in [0, 0.1) is 0 Å². The van der Waals surface area contributed by atoms with E-state index in [-0.39, 0.29) is 0 Å². The number of hydrogen-bond donors (Lipinski definition) is 4. The van der Waals surface area contributed by atoms with E-state index < -0.39 is 30.6 Å². The molecule has 152 valence electrons. The third-order valence-corrected chi connectivity index (χ3v) is 10.5. The Labute approximate surface area is 156 Å². The minimum atomic E-state index is -2.76. The number of hydrogen-bond acceptors (Lipinski definition) is 4. The van der Waals surface area contributed by atoms with Gasteiger partial charge in [-0.2, -0.15) is 0 Å². The molecule has 0 aromatic heterocycles. The molecule has 0 radical (unpaired) electrons. The SMILES string of the molecule is CCCCC(O)[P+](C(O)CCCC)(C(O)CCCC)C(O)CCCC. The first-order chi connectivity index (χ1) is 11.9. The molecule has 4 atom stereocenters. The van der Waals surface area contributed by atoms with E-state index in [1.807, 2.05) is 0 Å². The van der Waals surface area contributed by atoms with Gasteiger partial charge in [-0.05, 0) is 25.7 Å². The van der Waals surface area contributed by atoms with Crippen molar-refractivity contribution in [3.05, 3.63) is 0 Å². The lowest BCUT2D eigenvalue weighted by molar-refractivity contribution is 0.139. The fourth-order valence-corrected chi connectivity index (χ4v) is 8.54. The quantitative estimate of drug-likeness (QED) is 0.283. The van der Waals surface area contributed by atoms with Crippen LogP contribution in [0.3, 0.4) is 0 Å². The van der Waals surface area contributed by atoms with Crippen LogP contribution in [0.1, 0.15) is 105 Å². The van der Waals surface area contributed by atoms with Crippen LogP contribution >= 0.6 is 7.26 Å². The Morgan fingerprint density at radius 3 is 0.840 bits per heavy atom. The van der Waals surface area contributed by atoms with E-state index in [4.69, 9.17) is 0 Å². The van der Waals surface area contributed by atoms with Crippen LogP contribution in [0.25, 0.3) is 0 Å². The summed E-state index contributed by atoms with van der Waals surface area (Å²) in [4.78, 5) is 0. The molecule has 0 fully saturated rings. The number of rotatable bonds is 16. The molecule has 0 heterocycles.